The van der Waals surface area contributed by atoms with Crippen LogP contribution in [0.15, 0.2) is 23.1 Å². The van der Waals surface area contributed by atoms with E-state index in [9.17, 15) is 0 Å². The van der Waals surface area contributed by atoms with Gasteiger partial charge < -0.3 is 5.73 Å². The van der Waals surface area contributed by atoms with E-state index in [1.54, 1.807) is 0 Å². The van der Waals surface area contributed by atoms with Gasteiger partial charge in [-0.05, 0) is 30.5 Å². The molecule has 0 saturated heterocycles. The first-order valence-electron chi connectivity index (χ1n) is 6.23. The fourth-order valence-corrected chi connectivity index (χ4v) is 3.56. The van der Waals surface area contributed by atoms with Crippen LogP contribution in [-0.4, -0.2) is 5.25 Å². The van der Waals surface area contributed by atoms with Crippen LogP contribution in [-0.2, 0) is 6.54 Å². The summed E-state index contributed by atoms with van der Waals surface area (Å²) in [6.45, 7) is 0.503. The first kappa shape index (κ1) is 12.5. The smallest absolute Gasteiger partial charge is 0.100 e. The lowest BCUT2D eigenvalue weighted by atomic mass is 10.0. The normalized spacial score (nSPS) is 16.7. The van der Waals surface area contributed by atoms with Crippen LogP contribution >= 0.6 is 11.8 Å². The second-order valence-corrected chi connectivity index (χ2v) is 5.87. The molecule has 17 heavy (non-hydrogen) atoms. The predicted octanol–water partition coefficient (Wildman–Crippen LogP) is 3.44. The Bertz CT molecular complexity index is 417. The van der Waals surface area contributed by atoms with E-state index in [2.05, 4.69) is 12.1 Å². The van der Waals surface area contributed by atoms with Gasteiger partial charge >= 0.3 is 0 Å². The van der Waals surface area contributed by atoms with Gasteiger partial charge in [0, 0.05) is 16.7 Å². The molecule has 1 saturated carbocycles. The third-order valence-electron chi connectivity index (χ3n) is 3.25. The Kier molecular flexibility index (Phi) is 4.47. The minimum absolute atomic E-state index is 0.503. The average molecular weight is 246 g/mol. The van der Waals surface area contributed by atoms with Crippen LogP contribution in [0.4, 0.5) is 0 Å². The molecule has 0 spiro atoms. The van der Waals surface area contributed by atoms with E-state index in [0.717, 1.165) is 16.0 Å². The Morgan fingerprint density at radius 2 is 2.06 bits per heavy atom. The maximum absolute atomic E-state index is 9.16. The van der Waals surface area contributed by atoms with Gasteiger partial charge in [-0.25, -0.2) is 0 Å². The zero-order valence-corrected chi connectivity index (χ0v) is 10.8. The molecule has 0 aliphatic heterocycles. The fourth-order valence-electron chi connectivity index (χ4n) is 2.26. The maximum atomic E-state index is 9.16. The Hall–Kier alpha value is -0.980. The highest BCUT2D eigenvalue weighted by molar-refractivity contribution is 8.00. The van der Waals surface area contributed by atoms with Crippen molar-refractivity contribution in [3.05, 3.63) is 29.3 Å². The Morgan fingerprint density at radius 1 is 1.29 bits per heavy atom. The number of rotatable bonds is 3. The van der Waals surface area contributed by atoms with E-state index in [1.165, 1.54) is 32.1 Å². The molecule has 1 fully saturated rings. The summed E-state index contributed by atoms with van der Waals surface area (Å²) >= 11 is 1.87. The summed E-state index contributed by atoms with van der Waals surface area (Å²) < 4.78 is 0. The molecule has 2 N–H and O–H groups in total. The lowest BCUT2D eigenvalue weighted by Crippen LogP contribution is -2.08. The summed E-state index contributed by atoms with van der Waals surface area (Å²) in [4.78, 5) is 1.12. The standard InChI is InChI=1S/C14H18N2S/c15-9-11-6-7-14(12(8-11)10-16)17-13-4-2-1-3-5-13/h6-8,13H,1-5,9,15H2. The number of thioether (sulfide) groups is 1. The summed E-state index contributed by atoms with van der Waals surface area (Å²) in [5.74, 6) is 0. The number of nitriles is 1. The van der Waals surface area contributed by atoms with E-state index in [-0.39, 0.29) is 0 Å². The predicted molar refractivity (Wildman–Crippen MR) is 71.8 cm³/mol. The quantitative estimate of drug-likeness (QED) is 0.888. The molecular weight excluding hydrogens is 228 g/mol. The van der Waals surface area contributed by atoms with Gasteiger partial charge in [-0.1, -0.05) is 25.3 Å². The van der Waals surface area contributed by atoms with Crippen molar-refractivity contribution in [3.8, 4) is 6.07 Å². The molecule has 2 nitrogen and oxygen atoms in total. The molecule has 0 bridgehead atoms. The fraction of sp³-hybridized carbons (Fsp3) is 0.500. The summed E-state index contributed by atoms with van der Waals surface area (Å²) in [5.41, 5.74) is 7.41. The van der Waals surface area contributed by atoms with Crippen molar-refractivity contribution in [2.75, 3.05) is 0 Å². The first-order valence-corrected chi connectivity index (χ1v) is 7.11. The van der Waals surface area contributed by atoms with Crippen molar-refractivity contribution in [2.45, 2.75) is 48.8 Å². The van der Waals surface area contributed by atoms with Crippen molar-refractivity contribution in [1.82, 2.24) is 0 Å². The highest BCUT2D eigenvalue weighted by Crippen LogP contribution is 2.35. The third-order valence-corrected chi connectivity index (χ3v) is 4.66. The molecule has 0 atom stereocenters. The highest BCUT2D eigenvalue weighted by Gasteiger charge is 2.16. The summed E-state index contributed by atoms with van der Waals surface area (Å²) in [6.07, 6.45) is 6.61. The van der Waals surface area contributed by atoms with Crippen LogP contribution in [0, 0.1) is 11.3 Å². The molecule has 0 aromatic heterocycles. The molecule has 1 aliphatic carbocycles. The lowest BCUT2D eigenvalue weighted by molar-refractivity contribution is 0.516. The van der Waals surface area contributed by atoms with Crippen molar-refractivity contribution in [3.63, 3.8) is 0 Å². The maximum Gasteiger partial charge on any atom is 0.100 e. The number of nitrogens with zero attached hydrogens (tertiary/aromatic N) is 1. The van der Waals surface area contributed by atoms with E-state index in [0.29, 0.717) is 11.8 Å². The van der Waals surface area contributed by atoms with Crippen LogP contribution in [0.3, 0.4) is 0 Å². The molecular formula is C14H18N2S. The molecule has 90 valence electrons. The van der Waals surface area contributed by atoms with Gasteiger partial charge in [-0.3, -0.25) is 0 Å². The van der Waals surface area contributed by atoms with Crippen molar-refractivity contribution >= 4 is 11.8 Å². The van der Waals surface area contributed by atoms with E-state index in [1.807, 2.05) is 23.9 Å². The third kappa shape index (κ3) is 3.24. The van der Waals surface area contributed by atoms with Gasteiger partial charge in [0.25, 0.3) is 0 Å². The van der Waals surface area contributed by atoms with Crippen LogP contribution < -0.4 is 5.73 Å². The molecule has 0 radical (unpaired) electrons. The highest BCUT2D eigenvalue weighted by atomic mass is 32.2. The second-order valence-electron chi connectivity index (χ2n) is 4.52. The zero-order valence-electron chi connectivity index (χ0n) is 9.98. The number of hydrogen-bond acceptors (Lipinski definition) is 3. The van der Waals surface area contributed by atoms with Gasteiger partial charge in [0.05, 0.1) is 5.56 Å². The van der Waals surface area contributed by atoms with Crippen LogP contribution in [0.1, 0.15) is 43.2 Å². The molecule has 1 aliphatic rings. The van der Waals surface area contributed by atoms with Crippen molar-refractivity contribution in [2.24, 2.45) is 5.73 Å². The molecule has 0 heterocycles. The SMILES string of the molecule is N#Cc1cc(CN)ccc1SC1CCCCC1. The molecule has 1 aromatic carbocycles. The summed E-state index contributed by atoms with van der Waals surface area (Å²) in [5, 5.41) is 9.86. The van der Waals surface area contributed by atoms with Gasteiger partial charge in [-0.2, -0.15) is 5.26 Å². The zero-order chi connectivity index (χ0) is 12.1. The topological polar surface area (TPSA) is 49.8 Å². The molecule has 2 rings (SSSR count). The Labute approximate surface area is 107 Å². The first-order chi connectivity index (χ1) is 8.33. The minimum Gasteiger partial charge on any atom is -0.326 e. The van der Waals surface area contributed by atoms with Gasteiger partial charge in [0.1, 0.15) is 6.07 Å². The summed E-state index contributed by atoms with van der Waals surface area (Å²) in [7, 11) is 0. The number of hydrogen-bond donors (Lipinski definition) is 1. The Morgan fingerprint density at radius 3 is 2.71 bits per heavy atom. The van der Waals surface area contributed by atoms with Crippen LogP contribution in [0.25, 0.3) is 0 Å². The Balaban J connectivity index is 2.12. The molecule has 0 amide bonds. The molecule has 3 heteroatoms. The lowest BCUT2D eigenvalue weighted by Gasteiger charge is -2.21. The number of benzene rings is 1. The average Bonchev–Trinajstić information content (AvgIpc) is 2.40. The van der Waals surface area contributed by atoms with E-state index >= 15 is 0 Å². The second kappa shape index (κ2) is 6.09. The van der Waals surface area contributed by atoms with Crippen molar-refractivity contribution < 1.29 is 0 Å². The van der Waals surface area contributed by atoms with Crippen LogP contribution in [0.2, 0.25) is 0 Å². The van der Waals surface area contributed by atoms with Gasteiger partial charge in [0.2, 0.25) is 0 Å². The van der Waals surface area contributed by atoms with Crippen LogP contribution in [0.5, 0.6) is 0 Å². The van der Waals surface area contributed by atoms with Gasteiger partial charge in [0.15, 0.2) is 0 Å². The minimum atomic E-state index is 0.503. The summed E-state index contributed by atoms with van der Waals surface area (Å²) in [6, 6.07) is 8.29. The molecule has 1 aromatic rings. The number of nitrogens with two attached hydrogens (primary N) is 1. The van der Waals surface area contributed by atoms with E-state index < -0.39 is 0 Å². The van der Waals surface area contributed by atoms with Crippen molar-refractivity contribution in [1.29, 1.82) is 5.26 Å². The largest absolute Gasteiger partial charge is 0.326 e. The van der Waals surface area contributed by atoms with Gasteiger partial charge in [-0.15, -0.1) is 11.8 Å². The van der Waals surface area contributed by atoms with E-state index in [4.69, 9.17) is 11.0 Å². The molecule has 0 unspecified atom stereocenters. The monoisotopic (exact) mass is 246 g/mol.